The Labute approximate surface area is 130 Å². The normalized spacial score (nSPS) is 19.4. The molecule has 1 atom stereocenters. The fourth-order valence-corrected chi connectivity index (χ4v) is 2.84. The van der Waals surface area contributed by atoms with Crippen LogP contribution in [0.4, 0.5) is 5.69 Å². The van der Waals surface area contributed by atoms with Gasteiger partial charge in [0.1, 0.15) is 17.1 Å². The van der Waals surface area contributed by atoms with Gasteiger partial charge in [-0.2, -0.15) is 0 Å². The Kier molecular flexibility index (Phi) is 4.29. The number of benzene rings is 1. The minimum Gasteiger partial charge on any atom is -0.497 e. The van der Waals surface area contributed by atoms with Gasteiger partial charge >= 0.3 is 0 Å². The van der Waals surface area contributed by atoms with E-state index < -0.39 is 0 Å². The maximum absolute atomic E-state index is 5.22. The monoisotopic (exact) mass is 302 g/mol. The van der Waals surface area contributed by atoms with Gasteiger partial charge in [-0.1, -0.05) is 10.3 Å². The molecule has 1 unspecified atom stereocenters. The van der Waals surface area contributed by atoms with E-state index >= 15 is 0 Å². The summed E-state index contributed by atoms with van der Waals surface area (Å²) in [5, 5.41) is 7.84. The predicted molar refractivity (Wildman–Crippen MR) is 84.1 cm³/mol. The second-order valence-corrected chi connectivity index (χ2v) is 5.76. The maximum atomic E-state index is 5.22. The molecule has 1 aromatic heterocycles. The van der Waals surface area contributed by atoms with Crippen LogP contribution in [-0.4, -0.2) is 48.0 Å². The fraction of sp³-hybridized carbons (Fsp3) is 0.500. The lowest BCUT2D eigenvalue weighted by atomic mass is 10.1. The van der Waals surface area contributed by atoms with E-state index in [4.69, 9.17) is 9.37 Å². The number of methoxy groups -OCH3 is 1. The molecule has 1 fully saturated rings. The van der Waals surface area contributed by atoms with Gasteiger partial charge in [0, 0.05) is 37.9 Å². The van der Waals surface area contributed by atoms with Crippen molar-refractivity contribution in [1.82, 2.24) is 15.2 Å². The lowest BCUT2D eigenvalue weighted by Gasteiger charge is -2.40. The molecule has 1 aliphatic rings. The second kappa shape index (κ2) is 6.36. The van der Waals surface area contributed by atoms with Crippen molar-refractivity contribution in [3.05, 3.63) is 35.7 Å². The number of ether oxygens (including phenoxy) is 1. The Hall–Kier alpha value is -2.08. The first kappa shape index (κ1) is 14.8. The molecule has 6 heteroatoms. The molecule has 2 heterocycles. The summed E-state index contributed by atoms with van der Waals surface area (Å²) in [7, 11) is 1.69. The molecule has 0 aliphatic carbocycles. The van der Waals surface area contributed by atoms with E-state index in [2.05, 4.69) is 39.2 Å². The Morgan fingerprint density at radius 1 is 1.23 bits per heavy atom. The smallest absolute Gasteiger partial charge is 0.122 e. The molecule has 0 bridgehead atoms. The van der Waals surface area contributed by atoms with Crippen molar-refractivity contribution in [2.75, 3.05) is 31.6 Å². The van der Waals surface area contributed by atoms with Crippen LogP contribution in [0, 0.1) is 6.92 Å². The van der Waals surface area contributed by atoms with Gasteiger partial charge in [0.25, 0.3) is 0 Å². The molecule has 1 aromatic carbocycles. The SMILES string of the molecule is COc1ccc(N2CCN(Cc3nonc3C)C(C)C2)cc1. The molecule has 0 amide bonds. The van der Waals surface area contributed by atoms with Crippen LogP contribution < -0.4 is 9.64 Å². The zero-order valence-corrected chi connectivity index (χ0v) is 13.3. The number of piperazine rings is 1. The molecule has 22 heavy (non-hydrogen) atoms. The first-order valence-corrected chi connectivity index (χ1v) is 7.58. The molecule has 0 radical (unpaired) electrons. The number of anilines is 1. The Balaban J connectivity index is 1.62. The van der Waals surface area contributed by atoms with Crippen LogP contribution in [0.1, 0.15) is 18.3 Å². The minimum atomic E-state index is 0.451. The summed E-state index contributed by atoms with van der Waals surface area (Å²) in [6.45, 7) is 7.98. The topological polar surface area (TPSA) is 54.6 Å². The van der Waals surface area contributed by atoms with Crippen molar-refractivity contribution >= 4 is 5.69 Å². The average molecular weight is 302 g/mol. The molecule has 0 saturated carbocycles. The summed E-state index contributed by atoms with van der Waals surface area (Å²) in [6, 6.07) is 8.71. The third-order valence-corrected chi connectivity index (χ3v) is 4.30. The first-order chi connectivity index (χ1) is 10.7. The molecule has 0 spiro atoms. The Morgan fingerprint density at radius 3 is 2.59 bits per heavy atom. The molecule has 1 aliphatic heterocycles. The maximum Gasteiger partial charge on any atom is 0.122 e. The van der Waals surface area contributed by atoms with Crippen molar-refractivity contribution < 1.29 is 9.37 Å². The van der Waals surface area contributed by atoms with Gasteiger partial charge < -0.3 is 9.64 Å². The van der Waals surface area contributed by atoms with E-state index in [0.29, 0.717) is 6.04 Å². The van der Waals surface area contributed by atoms with Crippen molar-refractivity contribution in [3.8, 4) is 5.75 Å². The lowest BCUT2D eigenvalue weighted by Crippen LogP contribution is -2.51. The van der Waals surface area contributed by atoms with Crippen LogP contribution >= 0.6 is 0 Å². The van der Waals surface area contributed by atoms with Crippen molar-refractivity contribution in [1.29, 1.82) is 0 Å². The molecule has 118 valence electrons. The van der Waals surface area contributed by atoms with Gasteiger partial charge in [0.2, 0.25) is 0 Å². The van der Waals surface area contributed by atoms with Crippen LogP contribution in [0.15, 0.2) is 28.9 Å². The summed E-state index contributed by atoms with van der Waals surface area (Å²) in [6.07, 6.45) is 0. The number of hydrogen-bond donors (Lipinski definition) is 0. The quantitative estimate of drug-likeness (QED) is 0.862. The van der Waals surface area contributed by atoms with E-state index in [-0.39, 0.29) is 0 Å². The largest absolute Gasteiger partial charge is 0.497 e. The van der Waals surface area contributed by atoms with Crippen molar-refractivity contribution in [2.24, 2.45) is 0 Å². The number of nitrogens with zero attached hydrogens (tertiary/aromatic N) is 4. The van der Waals surface area contributed by atoms with Crippen LogP contribution in [-0.2, 0) is 6.54 Å². The Bertz CT molecular complexity index is 611. The Morgan fingerprint density at radius 2 is 2.00 bits per heavy atom. The molecule has 0 N–H and O–H groups in total. The summed E-state index contributed by atoms with van der Waals surface area (Å²) in [4.78, 5) is 4.83. The molecule has 6 nitrogen and oxygen atoms in total. The van der Waals surface area contributed by atoms with Crippen LogP contribution in [0.5, 0.6) is 5.75 Å². The fourth-order valence-electron chi connectivity index (χ4n) is 2.84. The second-order valence-electron chi connectivity index (χ2n) is 5.76. The van der Waals surface area contributed by atoms with Crippen LogP contribution in [0.3, 0.4) is 0 Å². The van der Waals surface area contributed by atoms with Gasteiger partial charge in [-0.05, 0) is 38.1 Å². The zero-order valence-electron chi connectivity index (χ0n) is 13.3. The van der Waals surface area contributed by atoms with E-state index in [9.17, 15) is 0 Å². The lowest BCUT2D eigenvalue weighted by molar-refractivity contribution is 0.175. The summed E-state index contributed by atoms with van der Waals surface area (Å²) < 4.78 is 10.0. The van der Waals surface area contributed by atoms with Gasteiger partial charge in [-0.3, -0.25) is 4.90 Å². The van der Waals surface area contributed by atoms with Crippen molar-refractivity contribution in [2.45, 2.75) is 26.4 Å². The summed E-state index contributed by atoms with van der Waals surface area (Å²) >= 11 is 0. The standard InChI is InChI=1S/C16H22N4O2/c1-12-10-20(14-4-6-15(21-3)7-5-14)9-8-19(12)11-16-13(2)17-22-18-16/h4-7,12H,8-11H2,1-3H3. The van der Waals surface area contributed by atoms with E-state index in [0.717, 1.165) is 43.3 Å². The highest BCUT2D eigenvalue weighted by atomic mass is 16.6. The molecule has 3 rings (SSSR count). The molecular weight excluding hydrogens is 280 g/mol. The number of aromatic nitrogens is 2. The summed E-state index contributed by atoms with van der Waals surface area (Å²) in [5.74, 6) is 0.893. The van der Waals surface area contributed by atoms with Crippen LogP contribution in [0.25, 0.3) is 0 Å². The third-order valence-electron chi connectivity index (χ3n) is 4.30. The third kappa shape index (κ3) is 3.06. The van der Waals surface area contributed by atoms with E-state index in [1.807, 2.05) is 19.1 Å². The van der Waals surface area contributed by atoms with Crippen molar-refractivity contribution in [3.63, 3.8) is 0 Å². The molecule has 1 saturated heterocycles. The summed E-state index contributed by atoms with van der Waals surface area (Å²) in [5.41, 5.74) is 3.06. The van der Waals surface area contributed by atoms with E-state index in [1.54, 1.807) is 7.11 Å². The van der Waals surface area contributed by atoms with Gasteiger partial charge in [-0.25, -0.2) is 4.63 Å². The van der Waals surface area contributed by atoms with Gasteiger partial charge in [0.15, 0.2) is 0 Å². The van der Waals surface area contributed by atoms with Gasteiger partial charge in [-0.15, -0.1) is 0 Å². The average Bonchev–Trinajstić information content (AvgIpc) is 2.94. The zero-order chi connectivity index (χ0) is 15.5. The number of rotatable bonds is 4. The highest BCUT2D eigenvalue weighted by Gasteiger charge is 2.25. The highest BCUT2D eigenvalue weighted by Crippen LogP contribution is 2.23. The number of hydrogen-bond acceptors (Lipinski definition) is 6. The van der Waals surface area contributed by atoms with E-state index in [1.165, 1.54) is 5.69 Å². The van der Waals surface area contributed by atoms with Crippen LogP contribution in [0.2, 0.25) is 0 Å². The highest BCUT2D eigenvalue weighted by molar-refractivity contribution is 5.49. The molecule has 2 aromatic rings. The molecular formula is C16H22N4O2. The van der Waals surface area contributed by atoms with Gasteiger partial charge in [0.05, 0.1) is 7.11 Å². The predicted octanol–water partition coefficient (Wildman–Crippen LogP) is 2.10. The number of aryl methyl sites for hydroxylation is 1. The first-order valence-electron chi connectivity index (χ1n) is 7.58. The minimum absolute atomic E-state index is 0.451.